The van der Waals surface area contributed by atoms with Gasteiger partial charge in [0.1, 0.15) is 0 Å². The van der Waals surface area contributed by atoms with E-state index in [0.717, 1.165) is 32.9 Å². The van der Waals surface area contributed by atoms with Crippen LogP contribution in [0.1, 0.15) is 6.42 Å². The first-order valence-electron chi connectivity index (χ1n) is 4.37. The van der Waals surface area contributed by atoms with Crippen LogP contribution in [-0.2, 0) is 9.47 Å². The minimum atomic E-state index is 0.535. The van der Waals surface area contributed by atoms with Crippen LogP contribution in [0.5, 0.6) is 0 Å². The molecule has 2 saturated heterocycles. The maximum Gasteiger partial charge on any atom is 0.0936 e. The Balaban J connectivity index is 1.71. The zero-order valence-corrected chi connectivity index (χ0v) is 6.79. The van der Waals surface area contributed by atoms with Gasteiger partial charge in [-0.2, -0.15) is 0 Å². The van der Waals surface area contributed by atoms with E-state index in [2.05, 4.69) is 4.90 Å². The van der Waals surface area contributed by atoms with Crippen LogP contribution in [0.25, 0.3) is 0 Å². The molecule has 0 aromatic carbocycles. The third-order valence-electron chi connectivity index (χ3n) is 2.18. The molecule has 0 saturated carbocycles. The molecule has 64 valence electrons. The van der Waals surface area contributed by atoms with Crippen molar-refractivity contribution in [3.63, 3.8) is 0 Å². The van der Waals surface area contributed by atoms with Gasteiger partial charge in [0.05, 0.1) is 19.3 Å². The minimum Gasteiger partial charge on any atom is -0.380 e. The van der Waals surface area contributed by atoms with Crippen LogP contribution in [0.3, 0.4) is 0 Å². The third-order valence-corrected chi connectivity index (χ3v) is 2.18. The van der Waals surface area contributed by atoms with Crippen molar-refractivity contribution in [2.24, 2.45) is 0 Å². The Kier molecular flexibility index (Phi) is 2.41. The molecule has 0 spiro atoms. The van der Waals surface area contributed by atoms with Crippen LogP contribution >= 0.6 is 0 Å². The SMILES string of the molecule is C1COCCN(C[C@@H]2CO2)C1. The average molecular weight is 157 g/mol. The smallest absolute Gasteiger partial charge is 0.0936 e. The van der Waals surface area contributed by atoms with Crippen molar-refractivity contribution < 1.29 is 9.47 Å². The summed E-state index contributed by atoms with van der Waals surface area (Å²) in [7, 11) is 0. The lowest BCUT2D eigenvalue weighted by atomic mass is 10.3. The Morgan fingerprint density at radius 3 is 3.00 bits per heavy atom. The van der Waals surface area contributed by atoms with Crippen LogP contribution in [0, 0.1) is 0 Å². The zero-order chi connectivity index (χ0) is 7.52. The topological polar surface area (TPSA) is 25.0 Å². The van der Waals surface area contributed by atoms with Gasteiger partial charge in [0.2, 0.25) is 0 Å². The quantitative estimate of drug-likeness (QED) is 0.532. The number of ether oxygens (including phenoxy) is 2. The molecule has 1 atom stereocenters. The Morgan fingerprint density at radius 1 is 1.27 bits per heavy atom. The predicted octanol–water partition coefficient (Wildman–Crippen LogP) is 0.107. The van der Waals surface area contributed by atoms with Crippen molar-refractivity contribution in [2.75, 3.05) is 39.5 Å². The Labute approximate surface area is 67.3 Å². The highest BCUT2D eigenvalue weighted by Crippen LogP contribution is 2.11. The lowest BCUT2D eigenvalue weighted by Gasteiger charge is -2.16. The first-order valence-corrected chi connectivity index (χ1v) is 4.37. The fourth-order valence-corrected chi connectivity index (χ4v) is 1.44. The summed E-state index contributed by atoms with van der Waals surface area (Å²) in [5.74, 6) is 0. The summed E-state index contributed by atoms with van der Waals surface area (Å²) in [6, 6.07) is 0. The molecule has 0 bridgehead atoms. The Morgan fingerprint density at radius 2 is 2.18 bits per heavy atom. The van der Waals surface area contributed by atoms with E-state index in [1.165, 1.54) is 13.0 Å². The molecule has 0 aromatic rings. The molecule has 0 radical (unpaired) electrons. The van der Waals surface area contributed by atoms with Crippen molar-refractivity contribution in [1.29, 1.82) is 0 Å². The lowest BCUT2D eigenvalue weighted by molar-refractivity contribution is 0.140. The zero-order valence-electron chi connectivity index (χ0n) is 6.79. The van der Waals surface area contributed by atoms with E-state index in [1.54, 1.807) is 0 Å². The lowest BCUT2D eigenvalue weighted by Crippen LogP contribution is -2.30. The van der Waals surface area contributed by atoms with Crippen molar-refractivity contribution in [3.05, 3.63) is 0 Å². The first kappa shape index (κ1) is 7.53. The van der Waals surface area contributed by atoms with Crippen LogP contribution in [-0.4, -0.2) is 50.5 Å². The molecule has 11 heavy (non-hydrogen) atoms. The van der Waals surface area contributed by atoms with Crippen molar-refractivity contribution in [3.8, 4) is 0 Å². The second-order valence-corrected chi connectivity index (χ2v) is 3.22. The summed E-state index contributed by atoms with van der Waals surface area (Å²) >= 11 is 0. The van der Waals surface area contributed by atoms with Gasteiger partial charge in [-0.1, -0.05) is 0 Å². The molecule has 0 aliphatic carbocycles. The number of hydrogen-bond donors (Lipinski definition) is 0. The molecule has 3 nitrogen and oxygen atoms in total. The number of hydrogen-bond acceptors (Lipinski definition) is 3. The maximum atomic E-state index is 5.34. The Hall–Kier alpha value is -0.120. The highest BCUT2D eigenvalue weighted by atomic mass is 16.6. The molecule has 3 heteroatoms. The van der Waals surface area contributed by atoms with Crippen LogP contribution in [0.15, 0.2) is 0 Å². The van der Waals surface area contributed by atoms with E-state index in [0.29, 0.717) is 6.10 Å². The first-order chi connectivity index (χ1) is 5.45. The molecule has 0 amide bonds. The number of nitrogens with zero attached hydrogens (tertiary/aromatic N) is 1. The molecule has 2 rings (SSSR count). The van der Waals surface area contributed by atoms with Gasteiger partial charge < -0.3 is 9.47 Å². The van der Waals surface area contributed by atoms with E-state index >= 15 is 0 Å². The highest BCUT2D eigenvalue weighted by Gasteiger charge is 2.25. The summed E-state index contributed by atoms with van der Waals surface area (Å²) in [6.45, 7) is 6.18. The highest BCUT2D eigenvalue weighted by molar-refractivity contribution is 4.75. The monoisotopic (exact) mass is 157 g/mol. The van der Waals surface area contributed by atoms with E-state index in [4.69, 9.17) is 9.47 Å². The molecule has 0 N–H and O–H groups in total. The largest absolute Gasteiger partial charge is 0.380 e. The summed E-state index contributed by atoms with van der Waals surface area (Å²) in [5, 5.41) is 0. The second-order valence-electron chi connectivity index (χ2n) is 3.22. The summed E-state index contributed by atoms with van der Waals surface area (Å²) in [4.78, 5) is 2.44. The van der Waals surface area contributed by atoms with Crippen molar-refractivity contribution in [2.45, 2.75) is 12.5 Å². The molecule has 2 aliphatic heterocycles. The third kappa shape index (κ3) is 2.43. The molecule has 2 fully saturated rings. The number of rotatable bonds is 2. The van der Waals surface area contributed by atoms with Gasteiger partial charge in [0.25, 0.3) is 0 Å². The van der Waals surface area contributed by atoms with Crippen LogP contribution in [0.4, 0.5) is 0 Å². The van der Waals surface area contributed by atoms with Crippen LogP contribution < -0.4 is 0 Å². The summed E-state index contributed by atoms with van der Waals surface area (Å²) in [5.41, 5.74) is 0. The second kappa shape index (κ2) is 3.52. The molecule has 2 aliphatic rings. The predicted molar refractivity (Wildman–Crippen MR) is 41.6 cm³/mol. The molecule has 2 heterocycles. The molecule has 0 unspecified atom stereocenters. The van der Waals surface area contributed by atoms with Crippen LogP contribution in [0.2, 0.25) is 0 Å². The molecular weight excluding hydrogens is 142 g/mol. The standard InChI is InChI=1S/C8H15NO2/c1-2-9(3-5-10-4-1)6-8-7-11-8/h8H,1-7H2/t8-/m1/s1. The van der Waals surface area contributed by atoms with E-state index in [-0.39, 0.29) is 0 Å². The summed E-state index contributed by atoms with van der Waals surface area (Å²) < 4.78 is 10.5. The fourth-order valence-electron chi connectivity index (χ4n) is 1.44. The molecule has 0 aromatic heterocycles. The van der Waals surface area contributed by atoms with E-state index in [9.17, 15) is 0 Å². The molecular formula is C8H15NO2. The van der Waals surface area contributed by atoms with Crippen molar-refractivity contribution >= 4 is 0 Å². The van der Waals surface area contributed by atoms with Gasteiger partial charge in [-0.05, 0) is 6.42 Å². The summed E-state index contributed by atoms with van der Waals surface area (Å²) in [6.07, 6.45) is 1.71. The van der Waals surface area contributed by atoms with Crippen molar-refractivity contribution in [1.82, 2.24) is 4.90 Å². The minimum absolute atomic E-state index is 0.535. The number of epoxide rings is 1. The van der Waals surface area contributed by atoms with E-state index in [1.807, 2.05) is 0 Å². The van der Waals surface area contributed by atoms with Gasteiger partial charge in [-0.25, -0.2) is 0 Å². The van der Waals surface area contributed by atoms with E-state index < -0.39 is 0 Å². The van der Waals surface area contributed by atoms with Gasteiger partial charge in [0, 0.05) is 26.2 Å². The van der Waals surface area contributed by atoms with Gasteiger partial charge in [-0.15, -0.1) is 0 Å². The normalized spacial score (nSPS) is 33.3. The Bertz CT molecular complexity index is 117. The van der Waals surface area contributed by atoms with Gasteiger partial charge in [-0.3, -0.25) is 4.90 Å². The van der Waals surface area contributed by atoms with Gasteiger partial charge in [0.15, 0.2) is 0 Å². The maximum absolute atomic E-state index is 5.34. The van der Waals surface area contributed by atoms with Gasteiger partial charge >= 0.3 is 0 Å². The fraction of sp³-hybridized carbons (Fsp3) is 1.00. The average Bonchev–Trinajstić information content (AvgIpc) is 2.77.